The van der Waals surface area contributed by atoms with Gasteiger partial charge in [0.15, 0.2) is 0 Å². The van der Waals surface area contributed by atoms with Crippen LogP contribution in [-0.2, 0) is 22.4 Å². The second-order valence-corrected chi connectivity index (χ2v) is 5.89. The van der Waals surface area contributed by atoms with E-state index in [0.29, 0.717) is 17.5 Å². The first-order valence-corrected chi connectivity index (χ1v) is 8.13. The average molecular weight is 367 g/mol. The molecule has 2 rings (SSSR count). The van der Waals surface area contributed by atoms with Crippen LogP contribution >= 0.6 is 0 Å². The lowest BCUT2D eigenvalue weighted by atomic mass is 10.0. The number of hydrogen-bond acceptors (Lipinski definition) is 5. The average Bonchev–Trinajstić information content (AvgIpc) is 2.66. The van der Waals surface area contributed by atoms with Crippen molar-refractivity contribution in [3.8, 4) is 6.07 Å². The van der Waals surface area contributed by atoms with E-state index >= 15 is 0 Å². The lowest BCUT2D eigenvalue weighted by Gasteiger charge is -2.14. The standard InChI is InChI=1S/C19H17N3O5/c20-12-15-3-1-13(2-4-15)7-10-18(23)21-17(19(24)25)11-14-5-8-16(9-6-14)22(26)27/h1-6,8-9,17H,7,10-11H2,(H,21,23)(H,24,25). The number of carboxylic acid groups (broad SMARTS) is 1. The summed E-state index contributed by atoms with van der Waals surface area (Å²) in [5.41, 5.74) is 1.88. The summed E-state index contributed by atoms with van der Waals surface area (Å²) in [5, 5.41) is 31.2. The number of nitro benzene ring substituents is 1. The maximum Gasteiger partial charge on any atom is 0.326 e. The Labute approximate surface area is 155 Å². The molecule has 0 spiro atoms. The van der Waals surface area contributed by atoms with Crippen molar-refractivity contribution in [3.63, 3.8) is 0 Å². The number of nitriles is 1. The minimum absolute atomic E-state index is 0.0237. The third kappa shape index (κ3) is 5.93. The SMILES string of the molecule is N#Cc1ccc(CCC(=O)NC(Cc2ccc([N+](=O)[O-])cc2)C(=O)O)cc1. The smallest absolute Gasteiger partial charge is 0.326 e. The first-order valence-electron chi connectivity index (χ1n) is 8.13. The predicted octanol–water partition coefficient (Wildman–Crippen LogP) is 2.21. The van der Waals surface area contributed by atoms with Crippen molar-refractivity contribution in [1.29, 1.82) is 5.26 Å². The zero-order valence-electron chi connectivity index (χ0n) is 14.3. The van der Waals surface area contributed by atoms with Gasteiger partial charge in [0.25, 0.3) is 5.69 Å². The molecule has 0 heterocycles. The number of rotatable bonds is 8. The quantitative estimate of drug-likeness (QED) is 0.543. The molecule has 0 aliphatic heterocycles. The highest BCUT2D eigenvalue weighted by Gasteiger charge is 2.20. The molecule has 1 atom stereocenters. The molecule has 27 heavy (non-hydrogen) atoms. The first kappa shape index (κ1) is 19.6. The highest BCUT2D eigenvalue weighted by atomic mass is 16.6. The predicted molar refractivity (Wildman–Crippen MR) is 95.8 cm³/mol. The summed E-state index contributed by atoms with van der Waals surface area (Å²) in [6, 6.07) is 13.2. The molecule has 0 aliphatic carbocycles. The van der Waals surface area contributed by atoms with E-state index in [1.54, 1.807) is 24.3 Å². The number of carbonyl (C=O) groups is 2. The van der Waals surface area contributed by atoms with Crippen LogP contribution in [0.4, 0.5) is 5.69 Å². The fraction of sp³-hybridized carbons (Fsp3) is 0.211. The topological polar surface area (TPSA) is 133 Å². The summed E-state index contributed by atoms with van der Waals surface area (Å²) in [7, 11) is 0. The fourth-order valence-electron chi connectivity index (χ4n) is 2.46. The van der Waals surface area contributed by atoms with Gasteiger partial charge >= 0.3 is 5.97 Å². The van der Waals surface area contributed by atoms with E-state index in [1.165, 1.54) is 24.3 Å². The second-order valence-electron chi connectivity index (χ2n) is 5.89. The number of carboxylic acids is 1. The van der Waals surface area contributed by atoms with Crippen molar-refractivity contribution in [2.24, 2.45) is 0 Å². The van der Waals surface area contributed by atoms with Crippen LogP contribution in [0.15, 0.2) is 48.5 Å². The van der Waals surface area contributed by atoms with Gasteiger partial charge in [-0.25, -0.2) is 4.79 Å². The highest BCUT2D eigenvalue weighted by molar-refractivity contribution is 5.83. The van der Waals surface area contributed by atoms with Gasteiger partial charge in [-0.1, -0.05) is 24.3 Å². The number of carbonyl (C=O) groups excluding carboxylic acids is 1. The molecule has 1 amide bonds. The van der Waals surface area contributed by atoms with Crippen LogP contribution in [0.3, 0.4) is 0 Å². The minimum atomic E-state index is -1.18. The van der Waals surface area contributed by atoms with E-state index in [-0.39, 0.29) is 18.5 Å². The maximum atomic E-state index is 12.1. The Balaban J connectivity index is 1.92. The van der Waals surface area contributed by atoms with Crippen molar-refractivity contribution < 1.29 is 19.6 Å². The van der Waals surface area contributed by atoms with E-state index in [1.807, 2.05) is 6.07 Å². The van der Waals surface area contributed by atoms with Gasteiger partial charge in [-0.2, -0.15) is 5.26 Å². The normalized spacial score (nSPS) is 11.2. The van der Waals surface area contributed by atoms with E-state index in [4.69, 9.17) is 5.26 Å². The summed E-state index contributed by atoms with van der Waals surface area (Å²) in [6.07, 6.45) is 0.549. The maximum absolute atomic E-state index is 12.1. The molecule has 8 nitrogen and oxygen atoms in total. The van der Waals surface area contributed by atoms with Crippen LogP contribution in [-0.4, -0.2) is 27.9 Å². The third-order valence-electron chi connectivity index (χ3n) is 3.94. The number of nitrogens with zero attached hydrogens (tertiary/aromatic N) is 2. The number of nitro groups is 1. The monoisotopic (exact) mass is 367 g/mol. The number of non-ortho nitro benzene ring substituents is 1. The summed E-state index contributed by atoms with van der Waals surface area (Å²) in [4.78, 5) is 33.6. The lowest BCUT2D eigenvalue weighted by Crippen LogP contribution is -2.42. The molecule has 0 fully saturated rings. The van der Waals surface area contributed by atoms with Gasteiger partial charge in [-0.3, -0.25) is 14.9 Å². The summed E-state index contributed by atoms with van der Waals surface area (Å²) in [6.45, 7) is 0. The summed E-state index contributed by atoms with van der Waals surface area (Å²) < 4.78 is 0. The molecule has 2 aromatic rings. The molecular formula is C19H17N3O5. The van der Waals surface area contributed by atoms with E-state index in [2.05, 4.69) is 5.32 Å². The summed E-state index contributed by atoms with van der Waals surface area (Å²) in [5.74, 6) is -1.59. The summed E-state index contributed by atoms with van der Waals surface area (Å²) >= 11 is 0. The van der Waals surface area contributed by atoms with Crippen molar-refractivity contribution in [2.45, 2.75) is 25.3 Å². The third-order valence-corrected chi connectivity index (χ3v) is 3.94. The number of aryl methyl sites for hydroxylation is 1. The molecule has 2 aromatic carbocycles. The van der Waals surface area contributed by atoms with Crippen LogP contribution in [0.1, 0.15) is 23.1 Å². The molecular weight excluding hydrogens is 350 g/mol. The fourth-order valence-corrected chi connectivity index (χ4v) is 2.46. The molecule has 1 unspecified atom stereocenters. The van der Waals surface area contributed by atoms with Crippen molar-refractivity contribution in [2.75, 3.05) is 0 Å². The number of nitrogens with one attached hydrogen (secondary N) is 1. The van der Waals surface area contributed by atoms with Crippen molar-refractivity contribution in [3.05, 3.63) is 75.3 Å². The Morgan fingerprint density at radius 2 is 1.70 bits per heavy atom. The zero-order chi connectivity index (χ0) is 19.8. The van der Waals surface area contributed by atoms with Gasteiger partial charge in [0, 0.05) is 25.0 Å². The van der Waals surface area contributed by atoms with E-state index in [0.717, 1.165) is 5.56 Å². The molecule has 138 valence electrons. The van der Waals surface area contributed by atoms with Crippen molar-refractivity contribution >= 4 is 17.6 Å². The molecule has 0 aliphatic rings. The number of aliphatic carboxylic acids is 1. The largest absolute Gasteiger partial charge is 0.480 e. The van der Waals surface area contributed by atoms with Crippen molar-refractivity contribution in [1.82, 2.24) is 5.32 Å². The lowest BCUT2D eigenvalue weighted by molar-refractivity contribution is -0.384. The molecule has 0 saturated heterocycles. The second kappa shape index (κ2) is 9.10. The van der Waals surface area contributed by atoms with Gasteiger partial charge in [0.1, 0.15) is 6.04 Å². The molecule has 0 radical (unpaired) electrons. The number of hydrogen-bond donors (Lipinski definition) is 2. The minimum Gasteiger partial charge on any atom is -0.480 e. The molecule has 8 heteroatoms. The van der Waals surface area contributed by atoms with Gasteiger partial charge in [-0.15, -0.1) is 0 Å². The van der Waals surface area contributed by atoms with Gasteiger partial charge in [0.2, 0.25) is 5.91 Å². The molecule has 2 N–H and O–H groups in total. The Kier molecular flexibility index (Phi) is 6.61. The zero-order valence-corrected chi connectivity index (χ0v) is 14.3. The Hall–Kier alpha value is -3.73. The number of amides is 1. The van der Waals surface area contributed by atoms with Gasteiger partial charge in [-0.05, 0) is 29.7 Å². The van der Waals surface area contributed by atoms with Crippen LogP contribution in [0, 0.1) is 21.4 Å². The van der Waals surface area contributed by atoms with Crippen LogP contribution in [0.5, 0.6) is 0 Å². The molecule has 0 bridgehead atoms. The van der Waals surface area contributed by atoms with E-state index < -0.39 is 22.8 Å². The molecule has 0 aromatic heterocycles. The van der Waals surface area contributed by atoms with E-state index in [9.17, 15) is 24.8 Å². The van der Waals surface area contributed by atoms with Crippen LogP contribution in [0.25, 0.3) is 0 Å². The highest BCUT2D eigenvalue weighted by Crippen LogP contribution is 2.13. The molecule has 0 saturated carbocycles. The first-order chi connectivity index (χ1) is 12.9. The van der Waals surface area contributed by atoms with Crippen LogP contribution < -0.4 is 5.32 Å². The Bertz CT molecular complexity index is 870. The van der Waals surface area contributed by atoms with Gasteiger partial charge < -0.3 is 10.4 Å². The Morgan fingerprint density at radius 3 is 2.22 bits per heavy atom. The number of benzene rings is 2. The Morgan fingerprint density at radius 1 is 1.11 bits per heavy atom. The van der Waals surface area contributed by atoms with Gasteiger partial charge in [0.05, 0.1) is 16.6 Å². The van der Waals surface area contributed by atoms with Crippen LogP contribution in [0.2, 0.25) is 0 Å².